The molecule has 2 aliphatic rings. The van der Waals surface area contributed by atoms with E-state index in [1.54, 1.807) is 0 Å². The summed E-state index contributed by atoms with van der Waals surface area (Å²) in [6.45, 7) is 3.95. The fourth-order valence-corrected chi connectivity index (χ4v) is 2.46. The quantitative estimate of drug-likeness (QED) is 0.807. The molecule has 98 valence electrons. The zero-order chi connectivity index (χ0) is 12.4. The van der Waals surface area contributed by atoms with Crippen LogP contribution in [0.15, 0.2) is 18.2 Å². The standard InChI is InChI=1S/C14H19NO3/c16-8-14(9-17-10-14)7-15-6-11-1-2-13-12(5-11)3-4-18-13/h1-2,5,15-16H,3-4,6-10H2. The lowest BCUT2D eigenvalue weighted by Gasteiger charge is -2.40. The molecule has 2 N–H and O–H groups in total. The van der Waals surface area contributed by atoms with E-state index in [4.69, 9.17) is 9.47 Å². The monoisotopic (exact) mass is 249 g/mol. The third-order valence-electron chi connectivity index (χ3n) is 3.73. The molecule has 2 heterocycles. The number of ether oxygens (including phenoxy) is 2. The van der Waals surface area contributed by atoms with E-state index >= 15 is 0 Å². The fourth-order valence-electron chi connectivity index (χ4n) is 2.46. The number of aliphatic hydroxyl groups is 1. The molecule has 0 unspecified atom stereocenters. The topological polar surface area (TPSA) is 50.7 Å². The molecule has 4 nitrogen and oxygen atoms in total. The lowest BCUT2D eigenvalue weighted by atomic mass is 9.87. The summed E-state index contributed by atoms with van der Waals surface area (Å²) in [5, 5.41) is 12.7. The molecule has 18 heavy (non-hydrogen) atoms. The van der Waals surface area contributed by atoms with E-state index in [1.165, 1.54) is 11.1 Å². The average Bonchev–Trinajstić information content (AvgIpc) is 2.80. The van der Waals surface area contributed by atoms with Crippen LogP contribution < -0.4 is 10.1 Å². The summed E-state index contributed by atoms with van der Waals surface area (Å²) in [5.74, 6) is 1.03. The maximum Gasteiger partial charge on any atom is 0.122 e. The summed E-state index contributed by atoms with van der Waals surface area (Å²) in [7, 11) is 0. The molecule has 1 fully saturated rings. The molecular weight excluding hydrogens is 230 g/mol. The number of hydrogen-bond donors (Lipinski definition) is 2. The van der Waals surface area contributed by atoms with Crippen LogP contribution in [0.5, 0.6) is 5.75 Å². The van der Waals surface area contributed by atoms with Gasteiger partial charge in [-0.05, 0) is 17.2 Å². The molecule has 0 saturated carbocycles. The summed E-state index contributed by atoms with van der Waals surface area (Å²) in [6.07, 6.45) is 1.01. The summed E-state index contributed by atoms with van der Waals surface area (Å²) >= 11 is 0. The van der Waals surface area contributed by atoms with Gasteiger partial charge >= 0.3 is 0 Å². The van der Waals surface area contributed by atoms with Crippen LogP contribution in [0.2, 0.25) is 0 Å². The van der Waals surface area contributed by atoms with E-state index in [2.05, 4.69) is 17.4 Å². The zero-order valence-electron chi connectivity index (χ0n) is 10.4. The third kappa shape index (κ3) is 2.23. The van der Waals surface area contributed by atoms with E-state index < -0.39 is 0 Å². The van der Waals surface area contributed by atoms with Crippen molar-refractivity contribution in [3.8, 4) is 5.75 Å². The highest BCUT2D eigenvalue weighted by atomic mass is 16.5. The molecule has 0 radical (unpaired) electrons. The second-order valence-electron chi connectivity index (χ2n) is 5.30. The molecule has 0 atom stereocenters. The van der Waals surface area contributed by atoms with E-state index in [1.807, 2.05) is 6.07 Å². The molecule has 0 spiro atoms. The van der Waals surface area contributed by atoms with Crippen molar-refractivity contribution in [2.75, 3.05) is 33.0 Å². The van der Waals surface area contributed by atoms with Gasteiger partial charge in [-0.15, -0.1) is 0 Å². The molecule has 0 aliphatic carbocycles. The highest BCUT2D eigenvalue weighted by molar-refractivity contribution is 5.39. The molecule has 0 aromatic heterocycles. The van der Waals surface area contributed by atoms with Gasteiger partial charge in [-0.3, -0.25) is 0 Å². The molecular formula is C14H19NO3. The lowest BCUT2D eigenvalue weighted by Crippen LogP contribution is -2.52. The average molecular weight is 249 g/mol. The van der Waals surface area contributed by atoms with Gasteiger partial charge in [0.2, 0.25) is 0 Å². The van der Waals surface area contributed by atoms with E-state index in [-0.39, 0.29) is 12.0 Å². The highest BCUT2D eigenvalue weighted by Gasteiger charge is 2.37. The molecule has 1 aromatic carbocycles. The van der Waals surface area contributed by atoms with E-state index in [0.717, 1.165) is 31.9 Å². The molecule has 1 aromatic rings. The molecule has 3 rings (SSSR count). The Bertz CT molecular complexity index is 424. The maximum atomic E-state index is 9.32. The number of benzene rings is 1. The molecule has 2 aliphatic heterocycles. The molecule has 0 amide bonds. The normalized spacial score (nSPS) is 20.1. The number of aliphatic hydroxyl groups excluding tert-OH is 1. The maximum absolute atomic E-state index is 9.32. The Morgan fingerprint density at radius 3 is 2.94 bits per heavy atom. The summed E-state index contributed by atoms with van der Waals surface area (Å²) < 4.78 is 10.7. The minimum absolute atomic E-state index is 0.0557. The third-order valence-corrected chi connectivity index (χ3v) is 3.73. The Labute approximate surface area is 107 Å². The highest BCUT2D eigenvalue weighted by Crippen LogP contribution is 2.27. The van der Waals surface area contributed by atoms with Crippen LogP contribution in [0.3, 0.4) is 0 Å². The van der Waals surface area contributed by atoms with Crippen LogP contribution in [0.25, 0.3) is 0 Å². The van der Waals surface area contributed by atoms with Crippen molar-refractivity contribution in [1.29, 1.82) is 0 Å². The van der Waals surface area contributed by atoms with Crippen LogP contribution in [-0.4, -0.2) is 38.1 Å². The smallest absolute Gasteiger partial charge is 0.122 e. The number of rotatable bonds is 5. The van der Waals surface area contributed by atoms with Gasteiger partial charge in [0.05, 0.1) is 31.8 Å². The molecule has 4 heteroatoms. The Morgan fingerprint density at radius 2 is 2.22 bits per heavy atom. The Balaban J connectivity index is 1.54. The summed E-state index contributed by atoms with van der Waals surface area (Å²) in [6, 6.07) is 6.35. The van der Waals surface area contributed by atoms with Gasteiger partial charge in [-0.2, -0.15) is 0 Å². The Hall–Kier alpha value is -1.10. The van der Waals surface area contributed by atoms with Crippen LogP contribution in [0.1, 0.15) is 11.1 Å². The van der Waals surface area contributed by atoms with Gasteiger partial charge < -0.3 is 19.9 Å². The second-order valence-corrected chi connectivity index (χ2v) is 5.30. The van der Waals surface area contributed by atoms with Crippen LogP contribution in [0, 0.1) is 5.41 Å². The van der Waals surface area contributed by atoms with Gasteiger partial charge in [0.15, 0.2) is 0 Å². The second kappa shape index (κ2) is 4.88. The van der Waals surface area contributed by atoms with Gasteiger partial charge in [0, 0.05) is 19.5 Å². The number of hydrogen-bond acceptors (Lipinski definition) is 4. The van der Waals surface area contributed by atoms with Crippen molar-refractivity contribution in [2.24, 2.45) is 5.41 Å². The number of nitrogens with one attached hydrogen (secondary N) is 1. The summed E-state index contributed by atoms with van der Waals surface area (Å²) in [5.41, 5.74) is 2.52. The predicted molar refractivity (Wildman–Crippen MR) is 67.7 cm³/mol. The first-order valence-corrected chi connectivity index (χ1v) is 6.45. The molecule has 1 saturated heterocycles. The Kier molecular flexibility index (Phi) is 3.24. The van der Waals surface area contributed by atoms with Gasteiger partial charge in [0.1, 0.15) is 5.75 Å². The zero-order valence-corrected chi connectivity index (χ0v) is 10.4. The Morgan fingerprint density at radius 1 is 1.33 bits per heavy atom. The lowest BCUT2D eigenvalue weighted by molar-refractivity contribution is -0.134. The minimum Gasteiger partial charge on any atom is -0.493 e. The molecule has 0 bridgehead atoms. The first-order chi connectivity index (χ1) is 8.81. The SMILES string of the molecule is OCC1(CNCc2ccc3c(c2)CCO3)COC1. The van der Waals surface area contributed by atoms with Gasteiger partial charge in [0.25, 0.3) is 0 Å². The first kappa shape index (κ1) is 12.0. The largest absolute Gasteiger partial charge is 0.493 e. The predicted octanol–water partition coefficient (Wildman–Crippen LogP) is 0.720. The van der Waals surface area contributed by atoms with Crippen molar-refractivity contribution in [3.63, 3.8) is 0 Å². The van der Waals surface area contributed by atoms with E-state index in [9.17, 15) is 5.11 Å². The van der Waals surface area contributed by atoms with E-state index in [0.29, 0.717) is 13.2 Å². The van der Waals surface area contributed by atoms with Crippen molar-refractivity contribution in [3.05, 3.63) is 29.3 Å². The first-order valence-electron chi connectivity index (χ1n) is 6.45. The van der Waals surface area contributed by atoms with Gasteiger partial charge in [-0.25, -0.2) is 0 Å². The van der Waals surface area contributed by atoms with Crippen molar-refractivity contribution < 1.29 is 14.6 Å². The summed E-state index contributed by atoms with van der Waals surface area (Å²) in [4.78, 5) is 0. The minimum atomic E-state index is -0.0557. The van der Waals surface area contributed by atoms with Gasteiger partial charge in [-0.1, -0.05) is 12.1 Å². The van der Waals surface area contributed by atoms with Crippen LogP contribution in [0.4, 0.5) is 0 Å². The van der Waals surface area contributed by atoms with Crippen LogP contribution >= 0.6 is 0 Å². The van der Waals surface area contributed by atoms with Crippen LogP contribution in [-0.2, 0) is 17.7 Å². The fraction of sp³-hybridized carbons (Fsp3) is 0.571. The van der Waals surface area contributed by atoms with Crippen molar-refractivity contribution >= 4 is 0 Å². The van der Waals surface area contributed by atoms with Crippen molar-refractivity contribution in [2.45, 2.75) is 13.0 Å². The number of fused-ring (bicyclic) bond motifs is 1. The van der Waals surface area contributed by atoms with Crippen molar-refractivity contribution in [1.82, 2.24) is 5.32 Å².